The van der Waals surface area contributed by atoms with E-state index >= 15 is 0 Å². The van der Waals surface area contributed by atoms with Gasteiger partial charge in [-0.1, -0.05) is 11.6 Å². The lowest BCUT2D eigenvalue weighted by atomic mass is 10.1. The number of aromatic hydroxyl groups is 1. The smallest absolute Gasteiger partial charge is 0.335 e. The molecule has 3 rings (SSSR count). The number of hydrogen-bond donors (Lipinski definition) is 2. The summed E-state index contributed by atoms with van der Waals surface area (Å²) >= 11 is 5.86. The molecule has 0 aliphatic carbocycles. The second-order valence-corrected chi connectivity index (χ2v) is 6.79. The van der Waals surface area contributed by atoms with E-state index in [-0.39, 0.29) is 17.0 Å². The van der Waals surface area contributed by atoms with Crippen molar-refractivity contribution in [3.63, 3.8) is 0 Å². The molecule has 0 unspecified atom stereocenters. The van der Waals surface area contributed by atoms with Crippen LogP contribution in [0.4, 0.5) is 16.2 Å². The van der Waals surface area contributed by atoms with E-state index < -0.39 is 17.8 Å². The molecule has 29 heavy (non-hydrogen) atoms. The van der Waals surface area contributed by atoms with E-state index in [0.29, 0.717) is 10.6 Å². The van der Waals surface area contributed by atoms with Crippen molar-refractivity contribution in [2.75, 3.05) is 22.9 Å². The van der Waals surface area contributed by atoms with Crippen molar-refractivity contribution in [1.82, 2.24) is 5.32 Å². The van der Waals surface area contributed by atoms with Crippen LogP contribution in [0.3, 0.4) is 0 Å². The van der Waals surface area contributed by atoms with E-state index in [2.05, 4.69) is 10.2 Å². The minimum atomic E-state index is -0.847. The van der Waals surface area contributed by atoms with Gasteiger partial charge >= 0.3 is 6.03 Å². The summed E-state index contributed by atoms with van der Waals surface area (Å²) in [5.41, 5.74) is 1.14. The number of carbonyl (C=O) groups excluding carboxylic acids is 3. The second kappa shape index (κ2) is 8.36. The van der Waals surface area contributed by atoms with Gasteiger partial charge in [-0.2, -0.15) is 0 Å². The molecule has 150 valence electrons. The fourth-order valence-electron chi connectivity index (χ4n) is 3.08. The number of anilines is 2. The van der Waals surface area contributed by atoms with Gasteiger partial charge in [0, 0.05) is 35.4 Å². The van der Waals surface area contributed by atoms with E-state index in [0.717, 1.165) is 23.7 Å². The van der Waals surface area contributed by atoms with Gasteiger partial charge in [-0.05, 0) is 56.3 Å². The van der Waals surface area contributed by atoms with Crippen LogP contribution in [0.1, 0.15) is 19.4 Å². The number of phenols is 1. The van der Waals surface area contributed by atoms with Crippen LogP contribution in [0.25, 0.3) is 6.08 Å². The Labute approximate surface area is 173 Å². The highest BCUT2D eigenvalue weighted by atomic mass is 35.5. The average molecular weight is 414 g/mol. The number of carbonyl (C=O) groups is 3. The highest BCUT2D eigenvalue weighted by Gasteiger charge is 2.36. The number of urea groups is 1. The van der Waals surface area contributed by atoms with Crippen molar-refractivity contribution >= 4 is 46.9 Å². The largest absolute Gasteiger partial charge is 0.507 e. The van der Waals surface area contributed by atoms with Gasteiger partial charge in [0.2, 0.25) is 0 Å². The molecule has 4 amide bonds. The van der Waals surface area contributed by atoms with Crippen LogP contribution in [0.2, 0.25) is 5.02 Å². The van der Waals surface area contributed by atoms with Crippen molar-refractivity contribution in [3.8, 4) is 5.75 Å². The van der Waals surface area contributed by atoms with Crippen molar-refractivity contribution in [3.05, 3.63) is 58.6 Å². The molecule has 2 aromatic rings. The molecule has 7 nitrogen and oxygen atoms in total. The summed E-state index contributed by atoms with van der Waals surface area (Å²) < 4.78 is 0. The third-order valence-corrected chi connectivity index (χ3v) is 4.88. The molecule has 0 bridgehead atoms. The van der Waals surface area contributed by atoms with Crippen molar-refractivity contribution in [2.45, 2.75) is 13.8 Å². The lowest BCUT2D eigenvalue weighted by Gasteiger charge is -2.26. The Hall–Kier alpha value is -3.32. The van der Waals surface area contributed by atoms with Crippen molar-refractivity contribution in [2.24, 2.45) is 0 Å². The number of nitrogens with zero attached hydrogens (tertiary/aromatic N) is 2. The average Bonchev–Trinajstić information content (AvgIpc) is 2.69. The molecule has 0 aromatic heterocycles. The Kier molecular flexibility index (Phi) is 5.89. The number of benzene rings is 2. The lowest BCUT2D eigenvalue weighted by Crippen LogP contribution is -2.54. The predicted molar refractivity (Wildman–Crippen MR) is 112 cm³/mol. The third kappa shape index (κ3) is 4.09. The van der Waals surface area contributed by atoms with Crippen LogP contribution < -0.4 is 15.1 Å². The Balaban J connectivity index is 1.97. The third-order valence-electron chi connectivity index (χ3n) is 4.63. The molecule has 0 radical (unpaired) electrons. The van der Waals surface area contributed by atoms with Crippen LogP contribution in [-0.2, 0) is 9.59 Å². The number of amides is 4. The van der Waals surface area contributed by atoms with Gasteiger partial charge in [-0.3, -0.25) is 14.9 Å². The summed E-state index contributed by atoms with van der Waals surface area (Å²) in [7, 11) is 0. The normalized spacial score (nSPS) is 15.6. The van der Waals surface area contributed by atoms with Gasteiger partial charge in [0.15, 0.2) is 0 Å². The first kappa shape index (κ1) is 20.4. The van der Waals surface area contributed by atoms with Gasteiger partial charge in [-0.15, -0.1) is 0 Å². The number of hydrogen-bond acceptors (Lipinski definition) is 5. The van der Waals surface area contributed by atoms with Crippen LogP contribution >= 0.6 is 11.6 Å². The first-order chi connectivity index (χ1) is 13.8. The maximum absolute atomic E-state index is 12.9. The van der Waals surface area contributed by atoms with E-state index in [1.54, 1.807) is 18.2 Å². The topological polar surface area (TPSA) is 90.0 Å². The minimum Gasteiger partial charge on any atom is -0.507 e. The highest BCUT2D eigenvalue weighted by molar-refractivity contribution is 6.39. The standard InChI is InChI=1S/C21H20ClN3O4/c1-3-24(4-2)16-8-5-13(18(26)12-16)11-17-19(27)23-21(29)25(20(17)28)15-9-6-14(22)7-10-15/h5-12,26H,3-4H2,1-2H3,(H,23,27,29)/b17-11+. The Morgan fingerprint density at radius 1 is 1.07 bits per heavy atom. The monoisotopic (exact) mass is 413 g/mol. The number of nitrogens with one attached hydrogen (secondary N) is 1. The molecule has 0 atom stereocenters. The van der Waals surface area contributed by atoms with Crippen molar-refractivity contribution < 1.29 is 19.5 Å². The fraction of sp³-hybridized carbons (Fsp3) is 0.190. The number of halogens is 1. The minimum absolute atomic E-state index is 0.0718. The van der Waals surface area contributed by atoms with E-state index in [1.165, 1.54) is 30.3 Å². The van der Waals surface area contributed by atoms with Crippen molar-refractivity contribution in [1.29, 1.82) is 0 Å². The Bertz CT molecular complexity index is 997. The predicted octanol–water partition coefficient (Wildman–Crippen LogP) is 3.56. The number of phenolic OH excluding ortho intramolecular Hbond substituents is 1. The van der Waals surface area contributed by atoms with E-state index in [1.807, 2.05) is 13.8 Å². The van der Waals surface area contributed by atoms with Crippen LogP contribution in [0.5, 0.6) is 5.75 Å². The zero-order valence-electron chi connectivity index (χ0n) is 16.0. The fourth-order valence-corrected chi connectivity index (χ4v) is 3.20. The maximum Gasteiger partial charge on any atom is 0.335 e. The molecule has 8 heteroatoms. The molecule has 1 fully saturated rings. The molecule has 2 N–H and O–H groups in total. The lowest BCUT2D eigenvalue weighted by molar-refractivity contribution is -0.122. The van der Waals surface area contributed by atoms with Gasteiger partial charge in [0.25, 0.3) is 11.8 Å². The highest BCUT2D eigenvalue weighted by Crippen LogP contribution is 2.28. The summed E-state index contributed by atoms with van der Waals surface area (Å²) in [6.45, 7) is 5.55. The summed E-state index contributed by atoms with van der Waals surface area (Å²) in [4.78, 5) is 40.3. The summed E-state index contributed by atoms with van der Waals surface area (Å²) in [6.07, 6.45) is 1.27. The number of rotatable bonds is 5. The van der Waals surface area contributed by atoms with Gasteiger partial charge in [-0.25, -0.2) is 9.69 Å². The number of barbiturate groups is 1. The van der Waals surface area contributed by atoms with E-state index in [4.69, 9.17) is 11.6 Å². The summed E-state index contributed by atoms with van der Waals surface area (Å²) in [5.74, 6) is -1.68. The molecule has 1 aliphatic rings. The van der Waals surface area contributed by atoms with Crippen LogP contribution in [0, 0.1) is 0 Å². The molecule has 0 spiro atoms. The number of imide groups is 2. The summed E-state index contributed by atoms with van der Waals surface area (Å²) in [5, 5.41) is 13.0. The molecule has 1 aliphatic heterocycles. The van der Waals surface area contributed by atoms with Gasteiger partial charge in [0.1, 0.15) is 11.3 Å². The first-order valence-electron chi connectivity index (χ1n) is 9.10. The molecular formula is C21H20ClN3O4. The molecule has 1 heterocycles. The summed E-state index contributed by atoms with van der Waals surface area (Å²) in [6, 6.07) is 10.2. The zero-order valence-corrected chi connectivity index (χ0v) is 16.7. The van der Waals surface area contributed by atoms with Gasteiger partial charge in [0.05, 0.1) is 5.69 Å². The molecular weight excluding hydrogens is 394 g/mol. The van der Waals surface area contributed by atoms with E-state index in [9.17, 15) is 19.5 Å². The van der Waals surface area contributed by atoms with Crippen LogP contribution in [-0.4, -0.2) is 36.0 Å². The SMILES string of the molecule is CCN(CC)c1ccc(/C=C2\C(=O)NC(=O)N(c3ccc(Cl)cc3)C2=O)c(O)c1. The van der Waals surface area contributed by atoms with Gasteiger partial charge < -0.3 is 10.0 Å². The Morgan fingerprint density at radius 2 is 1.72 bits per heavy atom. The first-order valence-corrected chi connectivity index (χ1v) is 9.48. The molecule has 1 saturated heterocycles. The second-order valence-electron chi connectivity index (χ2n) is 6.35. The zero-order chi connectivity index (χ0) is 21.1. The molecule has 2 aromatic carbocycles. The maximum atomic E-state index is 12.9. The molecule has 0 saturated carbocycles. The Morgan fingerprint density at radius 3 is 2.31 bits per heavy atom. The quantitative estimate of drug-likeness (QED) is 0.577. The van der Waals surface area contributed by atoms with Crippen LogP contribution in [0.15, 0.2) is 48.0 Å².